The van der Waals surface area contributed by atoms with Crippen molar-refractivity contribution in [3.05, 3.63) is 109 Å². The molecule has 0 spiro atoms. The number of para-hydroxylation sites is 1. The molecule has 0 saturated heterocycles. The minimum Gasteiger partial charge on any atom is -0.325 e. The van der Waals surface area contributed by atoms with Crippen molar-refractivity contribution < 1.29 is 4.79 Å². The van der Waals surface area contributed by atoms with E-state index in [2.05, 4.69) is 5.32 Å². The Balaban J connectivity index is 1.51. The molecule has 3 aromatic carbocycles. The second-order valence-corrected chi connectivity index (χ2v) is 8.73. The van der Waals surface area contributed by atoms with Crippen LogP contribution < -0.4 is 16.6 Å². The second-order valence-electron chi connectivity index (χ2n) is 8.29. The summed E-state index contributed by atoms with van der Waals surface area (Å²) in [6.45, 7) is -0.137. The third-order valence-corrected chi connectivity index (χ3v) is 6.28. The van der Waals surface area contributed by atoms with E-state index in [-0.39, 0.29) is 19.0 Å². The van der Waals surface area contributed by atoms with E-state index in [4.69, 9.17) is 11.6 Å². The number of rotatable bonds is 5. The van der Waals surface area contributed by atoms with Crippen LogP contribution in [-0.4, -0.2) is 15.0 Å². The van der Waals surface area contributed by atoms with Crippen molar-refractivity contribution in [1.82, 2.24) is 9.13 Å². The standard InChI is InChI=1S/C26H22ClN3O3/c27-20-8-3-5-17(13-20)15-30-25(32)22-9-1-2-10-23(22)29(26(30)33)16-24(31)28-21-12-11-18-6-4-7-19(18)14-21/h1-3,5,8-14H,4,6-7,15-16H2,(H,28,31). The van der Waals surface area contributed by atoms with Crippen LogP contribution in [0.25, 0.3) is 10.9 Å². The maximum Gasteiger partial charge on any atom is 0.332 e. The third-order valence-electron chi connectivity index (χ3n) is 6.05. The summed E-state index contributed by atoms with van der Waals surface area (Å²) in [5.74, 6) is -0.326. The first-order valence-electron chi connectivity index (χ1n) is 10.9. The first-order chi connectivity index (χ1) is 16.0. The molecule has 6 nitrogen and oxygen atoms in total. The molecular weight excluding hydrogens is 438 g/mol. The number of benzene rings is 3. The average molecular weight is 460 g/mol. The van der Waals surface area contributed by atoms with Gasteiger partial charge in [0, 0.05) is 10.7 Å². The first-order valence-corrected chi connectivity index (χ1v) is 11.3. The van der Waals surface area contributed by atoms with Gasteiger partial charge in [0.2, 0.25) is 5.91 Å². The number of carbonyl (C=O) groups excluding carboxylic acids is 1. The molecule has 0 radical (unpaired) electrons. The van der Waals surface area contributed by atoms with Gasteiger partial charge in [-0.3, -0.25) is 18.7 Å². The highest BCUT2D eigenvalue weighted by molar-refractivity contribution is 6.30. The number of hydrogen-bond donors (Lipinski definition) is 1. The van der Waals surface area contributed by atoms with Crippen LogP contribution in [0.5, 0.6) is 0 Å². The molecule has 1 N–H and O–H groups in total. The molecule has 0 bridgehead atoms. The van der Waals surface area contributed by atoms with E-state index in [9.17, 15) is 14.4 Å². The monoisotopic (exact) mass is 459 g/mol. The van der Waals surface area contributed by atoms with Gasteiger partial charge in [-0.25, -0.2) is 4.79 Å². The fourth-order valence-corrected chi connectivity index (χ4v) is 4.69. The fourth-order valence-electron chi connectivity index (χ4n) is 4.47. The van der Waals surface area contributed by atoms with Crippen molar-refractivity contribution in [2.75, 3.05) is 5.32 Å². The van der Waals surface area contributed by atoms with Crippen molar-refractivity contribution in [2.24, 2.45) is 0 Å². The normalized spacial score (nSPS) is 12.6. The van der Waals surface area contributed by atoms with Gasteiger partial charge in [-0.1, -0.05) is 41.9 Å². The summed E-state index contributed by atoms with van der Waals surface area (Å²) in [6.07, 6.45) is 3.21. The lowest BCUT2D eigenvalue weighted by Gasteiger charge is -2.15. The number of hydrogen-bond acceptors (Lipinski definition) is 3. The topological polar surface area (TPSA) is 73.1 Å². The zero-order valence-corrected chi connectivity index (χ0v) is 18.6. The molecule has 166 valence electrons. The Morgan fingerprint density at radius 2 is 1.73 bits per heavy atom. The van der Waals surface area contributed by atoms with Gasteiger partial charge in [-0.2, -0.15) is 0 Å². The Bertz CT molecular complexity index is 1500. The van der Waals surface area contributed by atoms with Crippen molar-refractivity contribution in [1.29, 1.82) is 0 Å². The molecule has 5 rings (SSSR count). The summed E-state index contributed by atoms with van der Waals surface area (Å²) in [6, 6.07) is 19.8. The number of anilines is 1. The number of aromatic nitrogens is 2. The van der Waals surface area contributed by atoms with Gasteiger partial charge in [0.05, 0.1) is 17.4 Å². The Morgan fingerprint density at radius 3 is 2.58 bits per heavy atom. The molecule has 7 heteroatoms. The second kappa shape index (κ2) is 8.71. The van der Waals surface area contributed by atoms with Crippen LogP contribution in [0.3, 0.4) is 0 Å². The lowest BCUT2D eigenvalue weighted by Crippen LogP contribution is -2.42. The average Bonchev–Trinajstić information content (AvgIpc) is 3.27. The molecule has 1 aromatic heterocycles. The maximum atomic E-state index is 13.3. The van der Waals surface area contributed by atoms with E-state index < -0.39 is 11.2 Å². The minimum atomic E-state index is -0.539. The summed E-state index contributed by atoms with van der Waals surface area (Å²) >= 11 is 6.07. The SMILES string of the molecule is O=C(Cn1c(=O)n(Cc2cccc(Cl)c2)c(=O)c2ccccc21)Nc1ccc2c(c1)CCC2. The van der Waals surface area contributed by atoms with Crippen molar-refractivity contribution in [3.8, 4) is 0 Å². The highest BCUT2D eigenvalue weighted by Crippen LogP contribution is 2.25. The molecule has 33 heavy (non-hydrogen) atoms. The molecule has 0 saturated carbocycles. The summed E-state index contributed by atoms with van der Waals surface area (Å²) in [4.78, 5) is 39.3. The zero-order chi connectivity index (χ0) is 22.9. The van der Waals surface area contributed by atoms with Crippen LogP contribution in [0.15, 0.2) is 76.3 Å². The van der Waals surface area contributed by atoms with Crippen molar-refractivity contribution in [2.45, 2.75) is 32.4 Å². The van der Waals surface area contributed by atoms with E-state index in [0.717, 1.165) is 29.4 Å². The summed E-state index contributed by atoms with van der Waals surface area (Å²) in [5.41, 5.74) is 3.51. The molecule has 1 amide bonds. The minimum absolute atomic E-state index is 0.0650. The molecule has 1 aliphatic rings. The molecule has 0 atom stereocenters. The Hall–Kier alpha value is -3.64. The van der Waals surface area contributed by atoms with Gasteiger partial charge in [-0.15, -0.1) is 0 Å². The molecule has 0 fully saturated rings. The number of amides is 1. The highest BCUT2D eigenvalue weighted by Gasteiger charge is 2.17. The number of fused-ring (bicyclic) bond motifs is 2. The van der Waals surface area contributed by atoms with Crippen molar-refractivity contribution >= 4 is 34.1 Å². The van der Waals surface area contributed by atoms with Gasteiger partial charge in [0.15, 0.2) is 0 Å². The smallest absolute Gasteiger partial charge is 0.325 e. The predicted molar refractivity (Wildman–Crippen MR) is 130 cm³/mol. The lowest BCUT2D eigenvalue weighted by molar-refractivity contribution is -0.116. The number of nitrogens with zero attached hydrogens (tertiary/aromatic N) is 2. The van der Waals surface area contributed by atoms with Crippen LogP contribution in [0.4, 0.5) is 5.69 Å². The predicted octanol–water partition coefficient (Wildman–Crippen LogP) is 3.99. The van der Waals surface area contributed by atoms with E-state index >= 15 is 0 Å². The molecule has 0 unspecified atom stereocenters. The van der Waals surface area contributed by atoms with Gasteiger partial charge in [0.1, 0.15) is 6.54 Å². The molecule has 1 aliphatic carbocycles. The number of carbonyl (C=O) groups is 1. The third kappa shape index (κ3) is 4.22. The van der Waals surface area contributed by atoms with E-state index in [1.54, 1.807) is 48.5 Å². The van der Waals surface area contributed by atoms with Gasteiger partial charge < -0.3 is 5.32 Å². The van der Waals surface area contributed by atoms with Gasteiger partial charge >= 0.3 is 5.69 Å². The fraction of sp³-hybridized carbons (Fsp3) is 0.192. The molecular formula is C26H22ClN3O3. The van der Waals surface area contributed by atoms with E-state index in [1.165, 1.54) is 15.7 Å². The van der Waals surface area contributed by atoms with Crippen LogP contribution in [0.1, 0.15) is 23.1 Å². The van der Waals surface area contributed by atoms with E-state index in [1.807, 2.05) is 18.2 Å². The first kappa shape index (κ1) is 21.2. The summed E-state index contributed by atoms with van der Waals surface area (Å²) < 4.78 is 2.50. The summed E-state index contributed by atoms with van der Waals surface area (Å²) in [5, 5.41) is 3.80. The number of aryl methyl sites for hydroxylation is 2. The lowest BCUT2D eigenvalue weighted by atomic mass is 10.1. The molecule has 0 aliphatic heterocycles. The van der Waals surface area contributed by atoms with Crippen molar-refractivity contribution in [3.63, 3.8) is 0 Å². The highest BCUT2D eigenvalue weighted by atomic mass is 35.5. The van der Waals surface area contributed by atoms with Crippen LogP contribution >= 0.6 is 11.6 Å². The Kier molecular flexibility index (Phi) is 5.60. The molecule has 1 heterocycles. The number of nitrogens with one attached hydrogen (secondary N) is 1. The van der Waals surface area contributed by atoms with E-state index in [0.29, 0.717) is 21.6 Å². The maximum absolute atomic E-state index is 13.3. The van der Waals surface area contributed by atoms with Crippen LogP contribution in [0, 0.1) is 0 Å². The van der Waals surface area contributed by atoms with Crippen LogP contribution in [-0.2, 0) is 30.7 Å². The molecule has 4 aromatic rings. The van der Waals surface area contributed by atoms with Gasteiger partial charge in [0.25, 0.3) is 5.56 Å². The summed E-state index contributed by atoms with van der Waals surface area (Å²) in [7, 11) is 0. The Labute approximate surface area is 195 Å². The number of halogens is 1. The Morgan fingerprint density at radius 1 is 0.909 bits per heavy atom. The van der Waals surface area contributed by atoms with Gasteiger partial charge in [-0.05, 0) is 72.4 Å². The zero-order valence-electron chi connectivity index (χ0n) is 17.9. The van der Waals surface area contributed by atoms with Crippen LogP contribution in [0.2, 0.25) is 5.02 Å². The quantitative estimate of drug-likeness (QED) is 0.490. The largest absolute Gasteiger partial charge is 0.332 e.